The number of Topliss-reactive ketones (excluding diaryl/α,β-unsaturated/α-hetero) is 1. The molecule has 2 unspecified atom stereocenters. The van der Waals surface area contributed by atoms with Crippen LogP contribution in [0.1, 0.15) is 23.7 Å². The van der Waals surface area contributed by atoms with E-state index in [1.54, 1.807) is 6.20 Å². The van der Waals surface area contributed by atoms with Gasteiger partial charge in [-0.25, -0.2) is 0 Å². The molecule has 0 amide bonds. The predicted octanol–water partition coefficient (Wildman–Crippen LogP) is 3.09. The van der Waals surface area contributed by atoms with Crippen molar-refractivity contribution in [2.75, 3.05) is 13.2 Å². The van der Waals surface area contributed by atoms with E-state index in [9.17, 15) is 4.79 Å². The molecule has 2 atom stereocenters. The van der Waals surface area contributed by atoms with Crippen molar-refractivity contribution >= 4 is 16.7 Å². The quantitative estimate of drug-likeness (QED) is 0.774. The Bertz CT molecular complexity index is 603. The minimum atomic E-state index is 0.0690. The van der Waals surface area contributed by atoms with Crippen LogP contribution >= 0.6 is 0 Å². The van der Waals surface area contributed by atoms with Gasteiger partial charge in [-0.05, 0) is 24.5 Å². The molecule has 3 nitrogen and oxygen atoms in total. The lowest BCUT2D eigenvalue weighted by atomic mass is 9.83. The molecular weight excluding hydrogens is 238 g/mol. The molecule has 1 aliphatic heterocycles. The molecule has 1 aromatic heterocycles. The van der Waals surface area contributed by atoms with E-state index in [0.29, 0.717) is 13.2 Å². The number of carbonyl (C=O) groups excluding carboxylic acids is 1. The Morgan fingerprint density at radius 2 is 2.21 bits per heavy atom. The maximum absolute atomic E-state index is 12.7. The Kier molecular flexibility index (Phi) is 3.30. The minimum Gasteiger partial charge on any atom is -0.381 e. The van der Waals surface area contributed by atoms with Gasteiger partial charge in [-0.15, -0.1) is 0 Å². The van der Waals surface area contributed by atoms with Crippen LogP contribution < -0.4 is 0 Å². The summed E-state index contributed by atoms with van der Waals surface area (Å²) in [5.41, 5.74) is 1.68. The molecule has 0 spiro atoms. The lowest BCUT2D eigenvalue weighted by Gasteiger charge is -2.27. The van der Waals surface area contributed by atoms with Crippen LogP contribution in [0, 0.1) is 11.8 Å². The van der Waals surface area contributed by atoms with E-state index in [2.05, 4.69) is 11.9 Å². The number of carbonyl (C=O) groups is 1. The van der Waals surface area contributed by atoms with Crippen LogP contribution in [-0.4, -0.2) is 24.0 Å². The normalized spacial score (nSPS) is 23.4. The van der Waals surface area contributed by atoms with Gasteiger partial charge in [-0.2, -0.15) is 0 Å². The van der Waals surface area contributed by atoms with Crippen LogP contribution in [0.15, 0.2) is 36.5 Å². The van der Waals surface area contributed by atoms with Crippen molar-refractivity contribution in [2.24, 2.45) is 11.8 Å². The van der Waals surface area contributed by atoms with Crippen LogP contribution in [0.25, 0.3) is 10.9 Å². The fourth-order valence-corrected chi connectivity index (χ4v) is 2.79. The predicted molar refractivity (Wildman–Crippen MR) is 74.2 cm³/mol. The van der Waals surface area contributed by atoms with Crippen molar-refractivity contribution < 1.29 is 9.53 Å². The Labute approximate surface area is 112 Å². The van der Waals surface area contributed by atoms with Crippen molar-refractivity contribution in [3.8, 4) is 0 Å². The van der Waals surface area contributed by atoms with Gasteiger partial charge in [0, 0.05) is 36.3 Å². The number of benzene rings is 1. The molecule has 2 aromatic rings. The third-order valence-corrected chi connectivity index (χ3v) is 3.89. The monoisotopic (exact) mass is 255 g/mol. The molecule has 98 valence electrons. The molecule has 0 saturated carbocycles. The van der Waals surface area contributed by atoms with E-state index in [0.717, 1.165) is 22.9 Å². The number of rotatable bonds is 2. The standard InChI is InChI=1S/C16H17NO2/c1-11-10-19-9-7-12(11)16(18)14-4-2-6-15-13(14)5-3-8-17-15/h2-6,8,11-12H,7,9-10H2,1H3. The maximum Gasteiger partial charge on any atom is 0.167 e. The zero-order chi connectivity index (χ0) is 13.2. The number of hydrogen-bond donors (Lipinski definition) is 0. The van der Waals surface area contributed by atoms with Gasteiger partial charge in [0.1, 0.15) is 0 Å². The summed E-state index contributed by atoms with van der Waals surface area (Å²) in [4.78, 5) is 17.1. The van der Waals surface area contributed by atoms with Gasteiger partial charge in [-0.3, -0.25) is 9.78 Å². The molecule has 3 rings (SSSR count). The Morgan fingerprint density at radius 3 is 3.05 bits per heavy atom. The summed E-state index contributed by atoms with van der Waals surface area (Å²) in [6.45, 7) is 3.45. The molecule has 1 fully saturated rings. The Hall–Kier alpha value is -1.74. The van der Waals surface area contributed by atoms with Gasteiger partial charge in [0.25, 0.3) is 0 Å². The molecule has 1 aromatic carbocycles. The summed E-state index contributed by atoms with van der Waals surface area (Å²) in [7, 11) is 0. The molecule has 2 heterocycles. The first-order chi connectivity index (χ1) is 9.27. The summed E-state index contributed by atoms with van der Waals surface area (Å²) in [6.07, 6.45) is 2.57. The summed E-state index contributed by atoms with van der Waals surface area (Å²) in [5.74, 6) is 0.585. The largest absolute Gasteiger partial charge is 0.381 e. The average molecular weight is 255 g/mol. The molecule has 0 N–H and O–H groups in total. The van der Waals surface area contributed by atoms with Crippen molar-refractivity contribution in [1.82, 2.24) is 4.98 Å². The molecule has 0 aliphatic carbocycles. The zero-order valence-electron chi connectivity index (χ0n) is 11.0. The van der Waals surface area contributed by atoms with E-state index in [1.807, 2.05) is 30.3 Å². The fraction of sp³-hybridized carbons (Fsp3) is 0.375. The topological polar surface area (TPSA) is 39.2 Å². The third kappa shape index (κ3) is 2.26. The number of fused-ring (bicyclic) bond motifs is 1. The van der Waals surface area contributed by atoms with Crippen LogP contribution in [0.2, 0.25) is 0 Å². The van der Waals surface area contributed by atoms with Crippen LogP contribution in [0.4, 0.5) is 0 Å². The minimum absolute atomic E-state index is 0.0690. The van der Waals surface area contributed by atoms with Crippen LogP contribution in [0.3, 0.4) is 0 Å². The lowest BCUT2D eigenvalue weighted by Crippen LogP contribution is -2.31. The Balaban J connectivity index is 2.01. The van der Waals surface area contributed by atoms with Crippen molar-refractivity contribution in [3.05, 3.63) is 42.1 Å². The van der Waals surface area contributed by atoms with Gasteiger partial charge in [-0.1, -0.05) is 25.1 Å². The van der Waals surface area contributed by atoms with Crippen molar-refractivity contribution in [2.45, 2.75) is 13.3 Å². The van der Waals surface area contributed by atoms with Crippen LogP contribution in [0.5, 0.6) is 0 Å². The van der Waals surface area contributed by atoms with Gasteiger partial charge in [0.2, 0.25) is 0 Å². The SMILES string of the molecule is CC1COCCC1C(=O)c1cccc2ncccc12. The molecule has 0 bridgehead atoms. The molecule has 0 radical (unpaired) electrons. The first-order valence-electron chi connectivity index (χ1n) is 6.73. The second kappa shape index (κ2) is 5.10. The molecule has 1 saturated heterocycles. The number of ether oxygens (including phenoxy) is 1. The second-order valence-corrected chi connectivity index (χ2v) is 5.19. The fourth-order valence-electron chi connectivity index (χ4n) is 2.79. The molecule has 1 aliphatic rings. The average Bonchev–Trinajstić information content (AvgIpc) is 2.46. The number of nitrogens with zero attached hydrogens (tertiary/aromatic N) is 1. The molecule has 3 heteroatoms. The number of aromatic nitrogens is 1. The zero-order valence-corrected chi connectivity index (χ0v) is 11.0. The summed E-state index contributed by atoms with van der Waals surface area (Å²) >= 11 is 0. The van der Waals surface area contributed by atoms with E-state index >= 15 is 0 Å². The van der Waals surface area contributed by atoms with Crippen molar-refractivity contribution in [3.63, 3.8) is 0 Å². The van der Waals surface area contributed by atoms with Gasteiger partial charge in [0.15, 0.2) is 5.78 Å². The van der Waals surface area contributed by atoms with Gasteiger partial charge in [0.05, 0.1) is 5.52 Å². The smallest absolute Gasteiger partial charge is 0.167 e. The highest BCUT2D eigenvalue weighted by molar-refractivity contribution is 6.08. The molecular formula is C16H17NO2. The highest BCUT2D eigenvalue weighted by atomic mass is 16.5. The van der Waals surface area contributed by atoms with Crippen molar-refractivity contribution in [1.29, 1.82) is 0 Å². The second-order valence-electron chi connectivity index (χ2n) is 5.19. The van der Waals surface area contributed by atoms with E-state index < -0.39 is 0 Å². The highest BCUT2D eigenvalue weighted by Gasteiger charge is 2.29. The third-order valence-electron chi connectivity index (χ3n) is 3.89. The van der Waals surface area contributed by atoms with E-state index in [4.69, 9.17) is 4.74 Å². The first kappa shape index (κ1) is 12.3. The first-order valence-corrected chi connectivity index (χ1v) is 6.73. The maximum atomic E-state index is 12.7. The van der Waals surface area contributed by atoms with E-state index in [-0.39, 0.29) is 17.6 Å². The molecule has 19 heavy (non-hydrogen) atoms. The summed E-state index contributed by atoms with van der Waals surface area (Å²) < 4.78 is 5.42. The Morgan fingerprint density at radius 1 is 1.32 bits per heavy atom. The number of ketones is 1. The van der Waals surface area contributed by atoms with Crippen LogP contribution in [-0.2, 0) is 4.74 Å². The van der Waals surface area contributed by atoms with E-state index in [1.165, 1.54) is 0 Å². The lowest BCUT2D eigenvalue weighted by molar-refractivity contribution is 0.0242. The summed E-state index contributed by atoms with van der Waals surface area (Å²) in [5, 5.41) is 0.952. The highest BCUT2D eigenvalue weighted by Crippen LogP contribution is 2.28. The van der Waals surface area contributed by atoms with Gasteiger partial charge >= 0.3 is 0 Å². The number of pyridine rings is 1. The number of hydrogen-bond acceptors (Lipinski definition) is 3. The summed E-state index contributed by atoms with van der Waals surface area (Å²) in [6, 6.07) is 9.62. The van der Waals surface area contributed by atoms with Gasteiger partial charge < -0.3 is 4.74 Å².